The van der Waals surface area contributed by atoms with E-state index in [1.807, 2.05) is 4.68 Å². The topological polar surface area (TPSA) is 70.4 Å². The van der Waals surface area contributed by atoms with E-state index in [0.29, 0.717) is 6.54 Å². The van der Waals surface area contributed by atoms with Crippen molar-refractivity contribution in [1.29, 1.82) is 0 Å². The molecule has 2 heterocycles. The molecule has 0 atom stereocenters. The van der Waals surface area contributed by atoms with E-state index in [9.17, 15) is 0 Å². The van der Waals surface area contributed by atoms with Gasteiger partial charge in [-0.2, -0.15) is 5.10 Å². The van der Waals surface area contributed by atoms with Crippen molar-refractivity contribution in [3.63, 3.8) is 0 Å². The van der Waals surface area contributed by atoms with Gasteiger partial charge >= 0.3 is 0 Å². The summed E-state index contributed by atoms with van der Waals surface area (Å²) in [5, 5.41) is 11.1. The minimum atomic E-state index is 0. The second-order valence-corrected chi connectivity index (χ2v) is 8.32. The molecule has 0 amide bonds. The summed E-state index contributed by atoms with van der Waals surface area (Å²) in [5.74, 6) is 0.874. The molecule has 1 fully saturated rings. The normalized spacial score (nSPS) is 15.5. The SMILES string of the molecule is CCNC(=NCc1cccc(Cn2cncn2)c1)NCC(C)(C)N1CCCCC1.I. The number of guanidine groups is 1. The van der Waals surface area contributed by atoms with Crippen molar-refractivity contribution in [1.82, 2.24) is 30.3 Å². The van der Waals surface area contributed by atoms with Crippen LogP contribution in [0.1, 0.15) is 51.2 Å². The van der Waals surface area contributed by atoms with E-state index in [0.717, 1.165) is 25.6 Å². The molecule has 30 heavy (non-hydrogen) atoms. The summed E-state index contributed by atoms with van der Waals surface area (Å²) in [4.78, 5) is 11.4. The maximum Gasteiger partial charge on any atom is 0.191 e. The van der Waals surface area contributed by atoms with Crippen molar-refractivity contribution in [2.75, 3.05) is 26.2 Å². The van der Waals surface area contributed by atoms with Gasteiger partial charge in [-0.3, -0.25) is 4.90 Å². The molecule has 1 aromatic carbocycles. The predicted octanol–water partition coefficient (Wildman–Crippen LogP) is 3.26. The first-order chi connectivity index (χ1) is 14.1. The third-order valence-corrected chi connectivity index (χ3v) is 5.47. The molecule has 1 aliphatic heterocycles. The molecule has 2 aromatic rings. The first kappa shape index (κ1) is 24.6. The van der Waals surface area contributed by atoms with Crippen molar-refractivity contribution < 1.29 is 0 Å². The highest BCUT2D eigenvalue weighted by Crippen LogP contribution is 2.19. The Balaban J connectivity index is 0.00000320. The molecule has 1 aromatic heterocycles. The molecule has 0 unspecified atom stereocenters. The lowest BCUT2D eigenvalue weighted by atomic mass is 9.98. The zero-order valence-electron chi connectivity index (χ0n) is 18.5. The van der Waals surface area contributed by atoms with Crippen molar-refractivity contribution in [2.45, 2.75) is 58.7 Å². The number of hydrogen-bond donors (Lipinski definition) is 2. The lowest BCUT2D eigenvalue weighted by Gasteiger charge is -2.41. The minimum Gasteiger partial charge on any atom is -0.357 e. The Hall–Kier alpha value is -1.68. The van der Waals surface area contributed by atoms with Gasteiger partial charge in [0.25, 0.3) is 0 Å². The van der Waals surface area contributed by atoms with Gasteiger partial charge in [-0.05, 0) is 57.8 Å². The molecule has 0 bridgehead atoms. The molecule has 8 heteroatoms. The van der Waals surface area contributed by atoms with Crippen molar-refractivity contribution in [3.8, 4) is 0 Å². The van der Waals surface area contributed by atoms with Crippen LogP contribution in [0.3, 0.4) is 0 Å². The van der Waals surface area contributed by atoms with Crippen LogP contribution >= 0.6 is 24.0 Å². The van der Waals surface area contributed by atoms with Gasteiger partial charge in [-0.15, -0.1) is 24.0 Å². The van der Waals surface area contributed by atoms with Gasteiger partial charge in [0.05, 0.1) is 13.1 Å². The fourth-order valence-electron chi connectivity index (χ4n) is 3.75. The van der Waals surface area contributed by atoms with Gasteiger partial charge in [-0.1, -0.05) is 30.7 Å². The highest BCUT2D eigenvalue weighted by molar-refractivity contribution is 14.0. The number of piperidine rings is 1. The van der Waals surface area contributed by atoms with Crippen molar-refractivity contribution in [2.24, 2.45) is 4.99 Å². The monoisotopic (exact) mass is 525 g/mol. The van der Waals surface area contributed by atoms with Crippen LogP contribution in [0.2, 0.25) is 0 Å². The number of halogens is 1. The molecule has 1 aliphatic rings. The van der Waals surface area contributed by atoms with Crippen LogP contribution in [-0.4, -0.2) is 57.3 Å². The first-order valence-electron chi connectivity index (χ1n) is 10.7. The fraction of sp³-hybridized carbons (Fsp3) is 0.591. The van der Waals surface area contributed by atoms with Gasteiger partial charge in [0.15, 0.2) is 5.96 Å². The van der Waals surface area contributed by atoms with E-state index in [-0.39, 0.29) is 29.5 Å². The quantitative estimate of drug-likeness (QED) is 0.315. The summed E-state index contributed by atoms with van der Waals surface area (Å²) in [6.45, 7) is 12.2. The van der Waals surface area contributed by atoms with E-state index in [1.54, 1.807) is 12.7 Å². The van der Waals surface area contributed by atoms with Gasteiger partial charge in [0.1, 0.15) is 12.7 Å². The van der Waals surface area contributed by atoms with Crippen LogP contribution in [0.15, 0.2) is 41.9 Å². The molecule has 3 rings (SSSR count). The summed E-state index contributed by atoms with van der Waals surface area (Å²) in [7, 11) is 0. The molecule has 0 aliphatic carbocycles. The zero-order valence-corrected chi connectivity index (χ0v) is 20.8. The van der Waals surface area contributed by atoms with Gasteiger partial charge in [-0.25, -0.2) is 14.7 Å². The van der Waals surface area contributed by atoms with Crippen molar-refractivity contribution >= 4 is 29.9 Å². The summed E-state index contributed by atoms with van der Waals surface area (Å²) in [6.07, 6.45) is 7.28. The highest BCUT2D eigenvalue weighted by Gasteiger charge is 2.27. The molecule has 0 spiro atoms. The van der Waals surface area contributed by atoms with E-state index >= 15 is 0 Å². The third-order valence-electron chi connectivity index (χ3n) is 5.47. The molecule has 166 valence electrons. The molecular formula is C22H36IN7. The number of aliphatic imine (C=N–C) groups is 1. The minimum absolute atomic E-state index is 0. The Morgan fingerprint density at radius 3 is 2.60 bits per heavy atom. The first-order valence-corrected chi connectivity index (χ1v) is 10.7. The summed E-state index contributed by atoms with van der Waals surface area (Å²) in [6, 6.07) is 8.50. The second kappa shape index (κ2) is 12.2. The number of nitrogens with zero attached hydrogens (tertiary/aromatic N) is 5. The summed E-state index contributed by atoms with van der Waals surface area (Å²) in [5.41, 5.74) is 2.51. The highest BCUT2D eigenvalue weighted by atomic mass is 127. The van der Waals surface area contributed by atoms with Gasteiger partial charge in [0.2, 0.25) is 0 Å². The Kier molecular flexibility index (Phi) is 10.0. The Morgan fingerprint density at radius 2 is 1.90 bits per heavy atom. The van der Waals surface area contributed by atoms with Crippen LogP contribution in [0, 0.1) is 0 Å². The molecule has 2 N–H and O–H groups in total. The molecule has 0 saturated carbocycles. The molecule has 7 nitrogen and oxygen atoms in total. The maximum atomic E-state index is 4.81. The molecule has 1 saturated heterocycles. The van der Waals surface area contributed by atoms with Crippen LogP contribution in [0.4, 0.5) is 0 Å². The zero-order chi connectivity index (χ0) is 20.5. The molecular weight excluding hydrogens is 489 g/mol. The van der Waals surface area contributed by atoms with Crippen LogP contribution in [0.25, 0.3) is 0 Å². The van der Waals surface area contributed by atoms with E-state index in [4.69, 9.17) is 4.99 Å². The number of rotatable bonds is 8. The van der Waals surface area contributed by atoms with E-state index in [1.165, 1.54) is 43.5 Å². The lowest BCUT2D eigenvalue weighted by molar-refractivity contribution is 0.0982. The van der Waals surface area contributed by atoms with Crippen LogP contribution < -0.4 is 10.6 Å². The van der Waals surface area contributed by atoms with Crippen LogP contribution in [-0.2, 0) is 13.1 Å². The predicted molar refractivity (Wildman–Crippen MR) is 133 cm³/mol. The maximum absolute atomic E-state index is 4.81. The number of benzene rings is 1. The second-order valence-electron chi connectivity index (χ2n) is 8.32. The standard InChI is InChI=1S/C22H35N7.HI/c1-4-24-21(26-16-22(2,3)28-11-6-5-7-12-28)25-14-19-9-8-10-20(13-19)15-29-18-23-17-27-29;/h8-10,13,17-18H,4-7,11-12,14-16H2,1-3H3,(H2,24,25,26);1H. The Bertz CT molecular complexity index is 768. The van der Waals surface area contributed by atoms with E-state index < -0.39 is 0 Å². The van der Waals surface area contributed by atoms with Gasteiger partial charge in [0, 0.05) is 18.6 Å². The van der Waals surface area contributed by atoms with E-state index in [2.05, 4.69) is 70.7 Å². The largest absolute Gasteiger partial charge is 0.357 e. The number of aromatic nitrogens is 3. The average Bonchev–Trinajstić information content (AvgIpc) is 3.24. The molecule has 0 radical (unpaired) electrons. The summed E-state index contributed by atoms with van der Waals surface area (Å²) >= 11 is 0. The number of hydrogen-bond acceptors (Lipinski definition) is 4. The number of nitrogens with one attached hydrogen (secondary N) is 2. The number of likely N-dealkylation sites (tertiary alicyclic amines) is 1. The Morgan fingerprint density at radius 1 is 1.13 bits per heavy atom. The lowest BCUT2D eigenvalue weighted by Crippen LogP contribution is -2.54. The Labute approximate surface area is 197 Å². The van der Waals surface area contributed by atoms with Crippen LogP contribution in [0.5, 0.6) is 0 Å². The van der Waals surface area contributed by atoms with Gasteiger partial charge < -0.3 is 10.6 Å². The summed E-state index contributed by atoms with van der Waals surface area (Å²) < 4.78 is 1.83. The smallest absolute Gasteiger partial charge is 0.191 e. The fourth-order valence-corrected chi connectivity index (χ4v) is 3.75. The van der Waals surface area contributed by atoms with Crippen molar-refractivity contribution in [3.05, 3.63) is 48.0 Å². The average molecular weight is 525 g/mol. The third kappa shape index (κ3) is 7.54.